The standard InChI is InChI=1S/C23H22N2O9/c1-31-16-5-3-4-13(23(16)32-2)8-18-22(30)15-7-6-14(9-17(15)34-18)33-12-20(27)24-10-19(26)25-11-21(28)29/h3-9H,10-12H2,1-2H3,(H,24,27)(H,25,26)(H,28,29). The number of methoxy groups -OCH3 is 2. The van der Waals surface area contributed by atoms with E-state index in [4.69, 9.17) is 24.1 Å². The van der Waals surface area contributed by atoms with Crippen LogP contribution in [0.25, 0.3) is 6.08 Å². The smallest absolute Gasteiger partial charge is 0.322 e. The van der Waals surface area contributed by atoms with Gasteiger partial charge >= 0.3 is 5.97 Å². The van der Waals surface area contributed by atoms with Crippen LogP contribution in [-0.2, 0) is 14.4 Å². The lowest BCUT2D eigenvalue weighted by Gasteiger charge is -2.10. The highest BCUT2D eigenvalue weighted by Crippen LogP contribution is 2.37. The third-order valence-corrected chi connectivity index (χ3v) is 4.61. The Morgan fingerprint density at radius 3 is 2.50 bits per heavy atom. The van der Waals surface area contributed by atoms with E-state index >= 15 is 0 Å². The number of carbonyl (C=O) groups excluding carboxylic acids is 3. The maximum Gasteiger partial charge on any atom is 0.322 e. The van der Waals surface area contributed by atoms with Crippen molar-refractivity contribution in [2.24, 2.45) is 0 Å². The molecule has 0 radical (unpaired) electrons. The summed E-state index contributed by atoms with van der Waals surface area (Å²) in [6, 6.07) is 9.75. The Morgan fingerprint density at radius 2 is 1.79 bits per heavy atom. The maximum atomic E-state index is 12.7. The van der Waals surface area contributed by atoms with Crippen molar-refractivity contribution < 1.29 is 43.2 Å². The topological polar surface area (TPSA) is 149 Å². The summed E-state index contributed by atoms with van der Waals surface area (Å²) in [5, 5.41) is 12.9. The zero-order valence-electron chi connectivity index (χ0n) is 18.4. The normalized spacial score (nSPS) is 13.0. The number of hydrogen-bond acceptors (Lipinski definition) is 8. The van der Waals surface area contributed by atoms with Gasteiger partial charge in [-0.15, -0.1) is 0 Å². The van der Waals surface area contributed by atoms with Gasteiger partial charge in [-0.2, -0.15) is 0 Å². The zero-order chi connectivity index (χ0) is 24.7. The van der Waals surface area contributed by atoms with Crippen LogP contribution in [0.3, 0.4) is 0 Å². The van der Waals surface area contributed by atoms with Gasteiger partial charge in [-0.25, -0.2) is 0 Å². The molecule has 2 aromatic carbocycles. The maximum absolute atomic E-state index is 12.7. The van der Waals surface area contributed by atoms with Gasteiger partial charge in [-0.05, 0) is 24.3 Å². The number of amides is 2. The summed E-state index contributed by atoms with van der Waals surface area (Å²) in [6.45, 7) is -1.33. The van der Waals surface area contributed by atoms with Gasteiger partial charge < -0.3 is 34.7 Å². The molecule has 11 heteroatoms. The van der Waals surface area contributed by atoms with Gasteiger partial charge in [0.2, 0.25) is 11.7 Å². The molecule has 1 heterocycles. The first kappa shape index (κ1) is 24.1. The number of carboxylic acids is 1. The van der Waals surface area contributed by atoms with Crippen LogP contribution in [0, 0.1) is 0 Å². The van der Waals surface area contributed by atoms with Crippen LogP contribution in [0.2, 0.25) is 0 Å². The minimum Gasteiger partial charge on any atom is -0.493 e. The van der Waals surface area contributed by atoms with Gasteiger partial charge in [-0.3, -0.25) is 19.2 Å². The third kappa shape index (κ3) is 5.82. The molecular weight excluding hydrogens is 448 g/mol. The van der Waals surface area contributed by atoms with Crippen molar-refractivity contribution >= 4 is 29.6 Å². The first-order valence-corrected chi connectivity index (χ1v) is 9.99. The molecule has 0 atom stereocenters. The van der Waals surface area contributed by atoms with E-state index < -0.39 is 30.9 Å². The van der Waals surface area contributed by atoms with Crippen LogP contribution in [0.15, 0.2) is 42.2 Å². The number of allylic oxidation sites excluding steroid dienone is 1. The Balaban J connectivity index is 1.62. The van der Waals surface area contributed by atoms with Gasteiger partial charge in [0, 0.05) is 11.6 Å². The molecule has 34 heavy (non-hydrogen) atoms. The lowest BCUT2D eigenvalue weighted by molar-refractivity contribution is -0.137. The van der Waals surface area contributed by atoms with Crippen LogP contribution in [0.5, 0.6) is 23.0 Å². The number of nitrogens with one attached hydrogen (secondary N) is 2. The fourth-order valence-corrected chi connectivity index (χ4v) is 3.04. The van der Waals surface area contributed by atoms with Gasteiger partial charge in [0.1, 0.15) is 18.0 Å². The molecule has 0 spiro atoms. The number of ether oxygens (including phenoxy) is 4. The number of benzene rings is 2. The molecule has 0 unspecified atom stereocenters. The minimum atomic E-state index is -1.19. The summed E-state index contributed by atoms with van der Waals surface area (Å²) in [5.74, 6) is -1.16. The molecule has 0 saturated heterocycles. The van der Waals surface area contributed by atoms with E-state index in [2.05, 4.69) is 10.6 Å². The number of Topliss-reactive ketones (excluding diaryl/α,β-unsaturated/α-hetero) is 1. The molecule has 0 aromatic heterocycles. The number of aliphatic carboxylic acids is 1. The van der Waals surface area contributed by atoms with Crippen molar-refractivity contribution in [3.63, 3.8) is 0 Å². The Kier molecular flexibility index (Phi) is 7.70. The van der Waals surface area contributed by atoms with Crippen molar-refractivity contribution in [1.29, 1.82) is 0 Å². The molecule has 1 aliphatic heterocycles. The molecule has 1 aliphatic rings. The molecule has 0 aliphatic carbocycles. The van der Waals surface area contributed by atoms with Crippen molar-refractivity contribution in [3.8, 4) is 23.0 Å². The summed E-state index contributed by atoms with van der Waals surface area (Å²) in [5.41, 5.74) is 0.929. The first-order valence-electron chi connectivity index (χ1n) is 9.99. The number of ketones is 1. The average molecular weight is 470 g/mol. The van der Waals surface area contributed by atoms with Gasteiger partial charge in [-0.1, -0.05) is 12.1 Å². The number of carbonyl (C=O) groups is 4. The number of para-hydroxylation sites is 1. The van der Waals surface area contributed by atoms with Crippen molar-refractivity contribution in [2.75, 3.05) is 33.9 Å². The number of fused-ring (bicyclic) bond motifs is 1. The van der Waals surface area contributed by atoms with Crippen LogP contribution in [-0.4, -0.2) is 62.6 Å². The second kappa shape index (κ2) is 10.9. The molecule has 3 rings (SSSR count). The quantitative estimate of drug-likeness (QED) is 0.433. The van der Waals surface area contributed by atoms with E-state index in [0.717, 1.165) is 0 Å². The van der Waals surface area contributed by atoms with Crippen molar-refractivity contribution in [1.82, 2.24) is 10.6 Å². The molecule has 11 nitrogen and oxygen atoms in total. The van der Waals surface area contributed by atoms with Crippen LogP contribution >= 0.6 is 0 Å². The molecule has 0 bridgehead atoms. The molecule has 2 aromatic rings. The van der Waals surface area contributed by atoms with Crippen molar-refractivity contribution in [3.05, 3.63) is 53.3 Å². The number of carboxylic acid groups (broad SMARTS) is 1. The largest absolute Gasteiger partial charge is 0.493 e. The van der Waals surface area contributed by atoms with Crippen LogP contribution in [0.1, 0.15) is 15.9 Å². The zero-order valence-corrected chi connectivity index (χ0v) is 18.4. The van der Waals surface area contributed by atoms with Gasteiger partial charge in [0.25, 0.3) is 5.91 Å². The van der Waals surface area contributed by atoms with Crippen LogP contribution in [0.4, 0.5) is 0 Å². The van der Waals surface area contributed by atoms with E-state index in [1.54, 1.807) is 24.3 Å². The van der Waals surface area contributed by atoms with Crippen molar-refractivity contribution in [2.45, 2.75) is 0 Å². The predicted octanol–water partition coefficient (Wildman–Crippen LogP) is 1.02. The monoisotopic (exact) mass is 470 g/mol. The van der Waals surface area contributed by atoms with Gasteiger partial charge in [0.15, 0.2) is 23.9 Å². The second-order valence-electron chi connectivity index (χ2n) is 6.92. The number of rotatable bonds is 10. The minimum absolute atomic E-state index is 0.0869. The number of hydrogen-bond donors (Lipinski definition) is 3. The predicted molar refractivity (Wildman–Crippen MR) is 118 cm³/mol. The summed E-state index contributed by atoms with van der Waals surface area (Å²) in [6.07, 6.45) is 1.55. The average Bonchev–Trinajstić information content (AvgIpc) is 3.14. The molecule has 0 fully saturated rings. The third-order valence-electron chi connectivity index (χ3n) is 4.61. The van der Waals surface area contributed by atoms with Gasteiger partial charge in [0.05, 0.1) is 26.3 Å². The highest BCUT2D eigenvalue weighted by molar-refractivity contribution is 6.14. The lowest BCUT2D eigenvalue weighted by Crippen LogP contribution is -2.40. The van der Waals surface area contributed by atoms with Crippen LogP contribution < -0.4 is 29.6 Å². The highest BCUT2D eigenvalue weighted by atomic mass is 16.5. The Hall–Kier alpha value is -4.54. The molecular formula is C23H22N2O9. The highest BCUT2D eigenvalue weighted by Gasteiger charge is 2.28. The fraction of sp³-hybridized carbons (Fsp3) is 0.217. The SMILES string of the molecule is COc1cccc(C=C2Oc3cc(OCC(=O)NCC(=O)NCC(=O)O)ccc3C2=O)c1OC. The molecule has 3 N–H and O–H groups in total. The van der Waals surface area contributed by atoms with E-state index in [1.165, 1.54) is 32.4 Å². The Bertz CT molecular complexity index is 1160. The summed E-state index contributed by atoms with van der Waals surface area (Å²) < 4.78 is 21.7. The Morgan fingerprint density at radius 1 is 1.03 bits per heavy atom. The summed E-state index contributed by atoms with van der Waals surface area (Å²) >= 11 is 0. The first-order chi connectivity index (χ1) is 16.3. The summed E-state index contributed by atoms with van der Waals surface area (Å²) in [4.78, 5) is 46.4. The lowest BCUT2D eigenvalue weighted by atomic mass is 10.1. The van der Waals surface area contributed by atoms with E-state index in [-0.39, 0.29) is 29.6 Å². The Labute approximate surface area is 194 Å². The molecule has 0 saturated carbocycles. The van der Waals surface area contributed by atoms with E-state index in [9.17, 15) is 19.2 Å². The summed E-state index contributed by atoms with van der Waals surface area (Å²) in [7, 11) is 3.01. The van der Waals surface area contributed by atoms with E-state index in [0.29, 0.717) is 22.6 Å². The fourth-order valence-electron chi connectivity index (χ4n) is 3.04. The second-order valence-corrected chi connectivity index (χ2v) is 6.92. The molecule has 178 valence electrons. The molecule has 2 amide bonds. The van der Waals surface area contributed by atoms with E-state index in [1.807, 2.05) is 0 Å².